The molecule has 0 aliphatic heterocycles. The Hall–Kier alpha value is -4.84. The molecule has 0 saturated carbocycles. The topological polar surface area (TPSA) is 145 Å². The van der Waals surface area contributed by atoms with Crippen LogP contribution in [-0.4, -0.2) is 46.9 Å². The van der Waals surface area contributed by atoms with Crippen LogP contribution in [0.1, 0.15) is 53.5 Å². The number of benzene rings is 2. The smallest absolute Gasteiger partial charge is 0.338 e. The van der Waals surface area contributed by atoms with Gasteiger partial charge in [0.05, 0.1) is 24.8 Å². The standard InChI is InChI=1S/C26H22N4O7S/c1-4-37-25(35)15-8-10-17(11-9-15)28-23(33)21-20(30-19(31)12-14(2)27-26(30)38-21)22(32)29-18-7-5-6-16(13-18)24(34)36-3/h5-13H,4H2,1-3H3,(H,28,33)(H,29,32). The molecule has 38 heavy (non-hydrogen) atoms. The van der Waals surface area contributed by atoms with Crippen LogP contribution in [0.15, 0.2) is 59.4 Å². The lowest BCUT2D eigenvalue weighted by Crippen LogP contribution is -2.25. The second-order valence-corrected chi connectivity index (χ2v) is 8.89. The lowest BCUT2D eigenvalue weighted by molar-refractivity contribution is 0.0525. The maximum absolute atomic E-state index is 13.4. The van der Waals surface area contributed by atoms with E-state index < -0.39 is 29.3 Å². The van der Waals surface area contributed by atoms with Crippen LogP contribution in [0, 0.1) is 6.92 Å². The largest absolute Gasteiger partial charge is 0.465 e. The molecule has 2 amide bonds. The first kappa shape index (κ1) is 26.2. The van der Waals surface area contributed by atoms with Crippen LogP contribution < -0.4 is 16.2 Å². The summed E-state index contributed by atoms with van der Waals surface area (Å²) in [5, 5.41) is 5.31. The number of hydrogen-bond donors (Lipinski definition) is 2. The molecule has 4 aromatic rings. The highest BCUT2D eigenvalue weighted by molar-refractivity contribution is 7.19. The second-order valence-electron chi connectivity index (χ2n) is 7.91. The van der Waals surface area contributed by atoms with E-state index in [1.54, 1.807) is 26.0 Å². The van der Waals surface area contributed by atoms with E-state index in [0.717, 1.165) is 15.7 Å². The Morgan fingerprint density at radius 1 is 0.921 bits per heavy atom. The maximum Gasteiger partial charge on any atom is 0.338 e. The average Bonchev–Trinajstić information content (AvgIpc) is 3.29. The van der Waals surface area contributed by atoms with Crippen molar-refractivity contribution in [1.29, 1.82) is 0 Å². The minimum atomic E-state index is -0.756. The van der Waals surface area contributed by atoms with Crippen LogP contribution in [0.4, 0.5) is 11.4 Å². The molecule has 11 nitrogen and oxygen atoms in total. The number of thiazole rings is 1. The van der Waals surface area contributed by atoms with Crippen LogP contribution in [0.2, 0.25) is 0 Å². The van der Waals surface area contributed by atoms with Gasteiger partial charge in [0.25, 0.3) is 17.4 Å². The number of nitrogens with zero attached hydrogens (tertiary/aromatic N) is 2. The molecule has 194 valence electrons. The zero-order valence-corrected chi connectivity index (χ0v) is 21.4. The monoisotopic (exact) mass is 534 g/mol. The summed E-state index contributed by atoms with van der Waals surface area (Å²) >= 11 is 0.876. The fourth-order valence-corrected chi connectivity index (χ4v) is 4.64. The van der Waals surface area contributed by atoms with E-state index in [-0.39, 0.29) is 33.4 Å². The normalized spacial score (nSPS) is 10.6. The number of rotatable bonds is 7. The van der Waals surface area contributed by atoms with Gasteiger partial charge in [-0.3, -0.25) is 14.4 Å². The molecule has 0 saturated heterocycles. The van der Waals surface area contributed by atoms with Crippen molar-refractivity contribution < 1.29 is 28.7 Å². The lowest BCUT2D eigenvalue weighted by Gasteiger charge is -2.09. The fourth-order valence-electron chi connectivity index (χ4n) is 3.57. The predicted octanol–water partition coefficient (Wildman–Crippen LogP) is 3.53. The zero-order chi connectivity index (χ0) is 27.4. The first-order valence-corrected chi connectivity index (χ1v) is 12.1. The first-order chi connectivity index (χ1) is 18.2. The lowest BCUT2D eigenvalue weighted by atomic mass is 10.2. The van der Waals surface area contributed by atoms with Crippen LogP contribution in [0.3, 0.4) is 0 Å². The van der Waals surface area contributed by atoms with E-state index in [9.17, 15) is 24.0 Å². The van der Waals surface area contributed by atoms with Gasteiger partial charge in [-0.25, -0.2) is 19.0 Å². The number of aromatic nitrogens is 2. The van der Waals surface area contributed by atoms with Gasteiger partial charge in [-0.2, -0.15) is 0 Å². The molecule has 0 aliphatic rings. The Balaban J connectivity index is 1.69. The second kappa shape index (κ2) is 11.0. The summed E-state index contributed by atoms with van der Waals surface area (Å²) < 4.78 is 10.7. The third-order valence-corrected chi connectivity index (χ3v) is 6.30. The summed E-state index contributed by atoms with van der Waals surface area (Å²) in [6.07, 6.45) is 0. The summed E-state index contributed by atoms with van der Waals surface area (Å²) in [6.45, 7) is 3.56. The van der Waals surface area contributed by atoms with Crippen molar-refractivity contribution in [1.82, 2.24) is 9.38 Å². The Morgan fingerprint density at radius 3 is 2.32 bits per heavy atom. The minimum Gasteiger partial charge on any atom is -0.465 e. The highest BCUT2D eigenvalue weighted by atomic mass is 32.1. The molecule has 2 heterocycles. The molecule has 2 aromatic heterocycles. The molecule has 0 radical (unpaired) electrons. The third kappa shape index (κ3) is 5.44. The molecule has 4 rings (SSSR count). The summed E-state index contributed by atoms with van der Waals surface area (Å²) in [7, 11) is 1.24. The molecule has 2 N–H and O–H groups in total. The molecule has 2 aromatic carbocycles. The number of ether oxygens (including phenoxy) is 2. The minimum absolute atomic E-state index is 0.0590. The molecule has 0 atom stereocenters. The van der Waals surface area contributed by atoms with Crippen molar-refractivity contribution in [3.05, 3.63) is 92.3 Å². The van der Waals surface area contributed by atoms with E-state index in [1.807, 2.05) is 0 Å². The SMILES string of the molecule is CCOC(=O)c1ccc(NC(=O)c2sc3nc(C)cc(=O)n3c2C(=O)Nc2cccc(C(=O)OC)c2)cc1. The fraction of sp³-hybridized carbons (Fsp3) is 0.154. The van der Waals surface area contributed by atoms with Crippen molar-refractivity contribution in [3.63, 3.8) is 0 Å². The van der Waals surface area contributed by atoms with Gasteiger partial charge < -0.3 is 20.1 Å². The van der Waals surface area contributed by atoms with Gasteiger partial charge in [0.2, 0.25) is 0 Å². The third-order valence-electron chi connectivity index (χ3n) is 5.26. The number of amides is 2. The van der Waals surface area contributed by atoms with E-state index in [2.05, 4.69) is 15.6 Å². The van der Waals surface area contributed by atoms with Crippen molar-refractivity contribution in [3.8, 4) is 0 Å². The number of nitrogens with one attached hydrogen (secondary N) is 2. The molecule has 12 heteroatoms. The van der Waals surface area contributed by atoms with Gasteiger partial charge in [0, 0.05) is 23.1 Å². The first-order valence-electron chi connectivity index (χ1n) is 11.3. The summed E-state index contributed by atoms with van der Waals surface area (Å²) in [6, 6.07) is 13.3. The molecular weight excluding hydrogens is 512 g/mol. The molecule has 0 unspecified atom stereocenters. The highest BCUT2D eigenvalue weighted by Gasteiger charge is 2.26. The van der Waals surface area contributed by atoms with E-state index in [4.69, 9.17) is 9.47 Å². The quantitative estimate of drug-likeness (QED) is 0.343. The molecule has 0 bridgehead atoms. The van der Waals surface area contributed by atoms with Crippen LogP contribution in [-0.2, 0) is 9.47 Å². The van der Waals surface area contributed by atoms with Gasteiger partial charge in [-0.05, 0) is 56.3 Å². The van der Waals surface area contributed by atoms with Crippen molar-refractivity contribution >= 4 is 51.4 Å². The maximum atomic E-state index is 13.4. The van der Waals surface area contributed by atoms with Crippen molar-refractivity contribution in [2.75, 3.05) is 24.4 Å². The van der Waals surface area contributed by atoms with E-state index in [0.29, 0.717) is 16.9 Å². The molecule has 0 aliphatic carbocycles. The molecular formula is C26H22N4O7S. The zero-order valence-electron chi connectivity index (χ0n) is 20.6. The predicted molar refractivity (Wildman–Crippen MR) is 140 cm³/mol. The van der Waals surface area contributed by atoms with Crippen LogP contribution >= 0.6 is 11.3 Å². The van der Waals surface area contributed by atoms with Crippen LogP contribution in [0.25, 0.3) is 4.96 Å². The van der Waals surface area contributed by atoms with E-state index >= 15 is 0 Å². The summed E-state index contributed by atoms with van der Waals surface area (Å²) in [5.41, 5.74) is 0.809. The van der Waals surface area contributed by atoms with E-state index in [1.165, 1.54) is 49.6 Å². The average molecular weight is 535 g/mol. The number of hydrogen-bond acceptors (Lipinski definition) is 9. The van der Waals surface area contributed by atoms with Crippen molar-refractivity contribution in [2.24, 2.45) is 0 Å². The Morgan fingerprint density at radius 2 is 1.63 bits per heavy atom. The van der Waals surface area contributed by atoms with Gasteiger partial charge in [0.15, 0.2) is 4.96 Å². The summed E-state index contributed by atoms with van der Waals surface area (Å²) in [4.78, 5) is 67.7. The molecule has 0 fully saturated rings. The van der Waals surface area contributed by atoms with Crippen LogP contribution in [0.5, 0.6) is 0 Å². The summed E-state index contributed by atoms with van der Waals surface area (Å²) in [5.74, 6) is -2.50. The highest BCUT2D eigenvalue weighted by Crippen LogP contribution is 2.24. The van der Waals surface area contributed by atoms with Gasteiger partial charge >= 0.3 is 11.9 Å². The number of carbonyl (C=O) groups is 4. The number of carbonyl (C=O) groups excluding carboxylic acids is 4. The van der Waals surface area contributed by atoms with Gasteiger partial charge in [-0.15, -0.1) is 0 Å². The Kier molecular flexibility index (Phi) is 7.63. The molecule has 0 spiro atoms. The Labute approximate surface area is 220 Å². The van der Waals surface area contributed by atoms with Gasteiger partial charge in [0.1, 0.15) is 10.6 Å². The number of esters is 2. The van der Waals surface area contributed by atoms with Gasteiger partial charge in [-0.1, -0.05) is 17.4 Å². The Bertz CT molecular complexity index is 1620. The number of methoxy groups -OCH3 is 1. The van der Waals surface area contributed by atoms with Crippen molar-refractivity contribution in [2.45, 2.75) is 13.8 Å². The number of fused-ring (bicyclic) bond motifs is 1. The number of anilines is 2. The number of aryl methyl sites for hydroxylation is 1.